The molecule has 0 aromatic heterocycles. The average molecular weight is 225 g/mol. The summed E-state index contributed by atoms with van der Waals surface area (Å²) in [6.07, 6.45) is 4.87. The Morgan fingerprint density at radius 2 is 2.25 bits per heavy atom. The number of ether oxygens (including phenoxy) is 1. The molecule has 16 heavy (non-hydrogen) atoms. The molecule has 1 saturated heterocycles. The predicted octanol–water partition coefficient (Wildman–Crippen LogP) is 1.83. The maximum atomic E-state index is 11.7. The first-order valence-electron chi connectivity index (χ1n) is 6.16. The molecule has 0 aromatic rings. The number of hydrogen-bond acceptors (Lipinski definition) is 3. The van der Waals surface area contributed by atoms with Crippen LogP contribution in [-0.4, -0.2) is 36.5 Å². The first kappa shape index (κ1) is 11.4. The zero-order valence-corrected chi connectivity index (χ0v) is 9.72. The van der Waals surface area contributed by atoms with Crippen molar-refractivity contribution in [3.8, 4) is 0 Å². The Morgan fingerprint density at radius 1 is 1.44 bits per heavy atom. The van der Waals surface area contributed by atoms with Gasteiger partial charge >= 0.3 is 6.09 Å². The number of carbonyl (C=O) groups excluding carboxylic acids is 2. The lowest BCUT2D eigenvalue weighted by atomic mass is 9.77. The first-order chi connectivity index (χ1) is 7.77. The molecule has 3 atom stereocenters. The zero-order valence-electron chi connectivity index (χ0n) is 9.72. The number of amides is 1. The van der Waals surface area contributed by atoms with Gasteiger partial charge in [-0.15, -0.1) is 0 Å². The average Bonchev–Trinajstić information content (AvgIpc) is 2.72. The molecule has 2 fully saturated rings. The predicted molar refractivity (Wildman–Crippen MR) is 59.0 cm³/mol. The van der Waals surface area contributed by atoms with Gasteiger partial charge in [0.05, 0.1) is 6.61 Å². The molecule has 1 amide bonds. The second kappa shape index (κ2) is 4.85. The fourth-order valence-electron chi connectivity index (χ4n) is 3.13. The van der Waals surface area contributed by atoms with Gasteiger partial charge in [0.15, 0.2) is 0 Å². The highest BCUT2D eigenvalue weighted by Gasteiger charge is 2.43. The monoisotopic (exact) mass is 225 g/mol. The van der Waals surface area contributed by atoms with Gasteiger partial charge in [0.25, 0.3) is 0 Å². The van der Waals surface area contributed by atoms with Crippen LogP contribution in [0.15, 0.2) is 0 Å². The normalized spacial score (nSPS) is 33.3. The third-order valence-electron chi connectivity index (χ3n) is 3.86. The standard InChI is InChI=1S/C12H19NO3/c1-2-16-12(15)13-7-6-10-9(8-14)4-3-5-11(10)13/h8-11H,2-7H2,1H3. The van der Waals surface area contributed by atoms with Crippen LogP contribution < -0.4 is 0 Å². The molecule has 0 bridgehead atoms. The highest BCUT2D eigenvalue weighted by atomic mass is 16.6. The van der Waals surface area contributed by atoms with E-state index in [0.29, 0.717) is 12.5 Å². The highest BCUT2D eigenvalue weighted by Crippen LogP contribution is 2.39. The molecule has 4 nitrogen and oxygen atoms in total. The van der Waals surface area contributed by atoms with Crippen molar-refractivity contribution in [2.24, 2.45) is 11.8 Å². The van der Waals surface area contributed by atoms with Crippen molar-refractivity contribution in [3.05, 3.63) is 0 Å². The molecule has 1 aliphatic carbocycles. The van der Waals surface area contributed by atoms with Crippen LogP contribution in [0.4, 0.5) is 4.79 Å². The van der Waals surface area contributed by atoms with Crippen LogP contribution in [0.5, 0.6) is 0 Å². The molecule has 1 heterocycles. The van der Waals surface area contributed by atoms with E-state index >= 15 is 0 Å². The van der Waals surface area contributed by atoms with Crippen molar-refractivity contribution in [2.45, 2.75) is 38.6 Å². The Kier molecular flexibility index (Phi) is 3.46. The number of carbonyl (C=O) groups is 2. The number of likely N-dealkylation sites (tertiary alicyclic amines) is 1. The molecule has 1 saturated carbocycles. The maximum Gasteiger partial charge on any atom is 0.410 e. The first-order valence-corrected chi connectivity index (χ1v) is 6.16. The molecule has 90 valence electrons. The van der Waals surface area contributed by atoms with E-state index in [1.807, 2.05) is 11.8 Å². The lowest BCUT2D eigenvalue weighted by Crippen LogP contribution is -2.42. The number of hydrogen-bond donors (Lipinski definition) is 0. The second-order valence-corrected chi connectivity index (χ2v) is 4.64. The van der Waals surface area contributed by atoms with Crippen LogP contribution in [0.1, 0.15) is 32.6 Å². The smallest absolute Gasteiger partial charge is 0.410 e. The van der Waals surface area contributed by atoms with E-state index in [1.54, 1.807) is 0 Å². The molecule has 2 rings (SSSR count). The third-order valence-corrected chi connectivity index (χ3v) is 3.86. The SMILES string of the molecule is CCOC(=O)N1CCC2C(C=O)CCCC21. The van der Waals surface area contributed by atoms with Crippen molar-refractivity contribution in [1.29, 1.82) is 0 Å². The quantitative estimate of drug-likeness (QED) is 0.673. The van der Waals surface area contributed by atoms with Gasteiger partial charge in [0.2, 0.25) is 0 Å². The maximum absolute atomic E-state index is 11.7. The Balaban J connectivity index is 2.04. The van der Waals surface area contributed by atoms with Crippen LogP contribution in [0.3, 0.4) is 0 Å². The largest absolute Gasteiger partial charge is 0.450 e. The van der Waals surface area contributed by atoms with Gasteiger partial charge in [0.1, 0.15) is 6.29 Å². The molecule has 4 heteroatoms. The number of aldehydes is 1. The van der Waals surface area contributed by atoms with Gasteiger partial charge in [-0.2, -0.15) is 0 Å². The van der Waals surface area contributed by atoms with Gasteiger partial charge in [0, 0.05) is 18.5 Å². The summed E-state index contributed by atoms with van der Waals surface area (Å²) in [4.78, 5) is 24.5. The van der Waals surface area contributed by atoms with Gasteiger partial charge in [-0.05, 0) is 32.1 Å². The number of rotatable bonds is 2. The number of nitrogens with zero attached hydrogens (tertiary/aromatic N) is 1. The van der Waals surface area contributed by atoms with Crippen LogP contribution >= 0.6 is 0 Å². The summed E-state index contributed by atoms with van der Waals surface area (Å²) in [5, 5.41) is 0. The Morgan fingerprint density at radius 3 is 2.94 bits per heavy atom. The molecular weight excluding hydrogens is 206 g/mol. The van der Waals surface area contributed by atoms with E-state index in [1.165, 1.54) is 0 Å². The molecule has 0 spiro atoms. The molecule has 0 N–H and O–H groups in total. The van der Waals surface area contributed by atoms with E-state index in [4.69, 9.17) is 4.74 Å². The summed E-state index contributed by atoms with van der Waals surface area (Å²) in [5.74, 6) is 0.522. The summed E-state index contributed by atoms with van der Waals surface area (Å²) in [7, 11) is 0. The minimum atomic E-state index is -0.207. The van der Waals surface area contributed by atoms with Crippen molar-refractivity contribution in [3.63, 3.8) is 0 Å². The van der Waals surface area contributed by atoms with Crippen LogP contribution in [0, 0.1) is 11.8 Å². The summed E-state index contributed by atoms with van der Waals surface area (Å²) in [6, 6.07) is 0.239. The minimum Gasteiger partial charge on any atom is -0.450 e. The van der Waals surface area contributed by atoms with Gasteiger partial charge in [-0.1, -0.05) is 6.42 Å². The lowest BCUT2D eigenvalue weighted by molar-refractivity contribution is -0.113. The summed E-state index contributed by atoms with van der Waals surface area (Å²) >= 11 is 0. The molecular formula is C12H19NO3. The third kappa shape index (κ3) is 1.93. The van der Waals surface area contributed by atoms with E-state index in [-0.39, 0.29) is 18.1 Å². The minimum absolute atomic E-state index is 0.151. The van der Waals surface area contributed by atoms with E-state index in [2.05, 4.69) is 0 Å². The highest BCUT2D eigenvalue weighted by molar-refractivity contribution is 5.69. The fraction of sp³-hybridized carbons (Fsp3) is 0.833. The van der Waals surface area contributed by atoms with E-state index < -0.39 is 0 Å². The Labute approximate surface area is 95.9 Å². The summed E-state index contributed by atoms with van der Waals surface area (Å²) in [5.41, 5.74) is 0. The van der Waals surface area contributed by atoms with Crippen LogP contribution in [-0.2, 0) is 9.53 Å². The second-order valence-electron chi connectivity index (χ2n) is 4.64. The van der Waals surface area contributed by atoms with Crippen molar-refractivity contribution in [1.82, 2.24) is 4.90 Å². The van der Waals surface area contributed by atoms with Crippen LogP contribution in [0.2, 0.25) is 0 Å². The molecule has 3 unspecified atom stereocenters. The fourth-order valence-corrected chi connectivity index (χ4v) is 3.13. The van der Waals surface area contributed by atoms with Crippen LogP contribution in [0.25, 0.3) is 0 Å². The van der Waals surface area contributed by atoms with Gasteiger partial charge < -0.3 is 14.4 Å². The lowest BCUT2D eigenvalue weighted by Gasteiger charge is -2.34. The molecule has 0 aromatic carbocycles. The Bertz CT molecular complexity index is 279. The van der Waals surface area contributed by atoms with Crippen molar-refractivity contribution >= 4 is 12.4 Å². The van der Waals surface area contributed by atoms with E-state index in [0.717, 1.165) is 38.5 Å². The van der Waals surface area contributed by atoms with Crippen molar-refractivity contribution in [2.75, 3.05) is 13.2 Å². The van der Waals surface area contributed by atoms with Gasteiger partial charge in [-0.3, -0.25) is 0 Å². The Hall–Kier alpha value is -1.06. The molecule has 0 radical (unpaired) electrons. The summed E-state index contributed by atoms with van der Waals surface area (Å²) in [6.45, 7) is 2.99. The van der Waals surface area contributed by atoms with Gasteiger partial charge in [-0.25, -0.2) is 4.79 Å². The number of fused-ring (bicyclic) bond motifs is 1. The van der Waals surface area contributed by atoms with Crippen molar-refractivity contribution < 1.29 is 14.3 Å². The topological polar surface area (TPSA) is 46.6 Å². The van der Waals surface area contributed by atoms with E-state index in [9.17, 15) is 9.59 Å². The summed E-state index contributed by atoms with van der Waals surface area (Å²) < 4.78 is 5.04. The zero-order chi connectivity index (χ0) is 11.5. The molecule has 2 aliphatic rings. The molecule has 1 aliphatic heterocycles.